The number of hydrogen-bond acceptors (Lipinski definition) is 4. The van der Waals surface area contributed by atoms with E-state index in [1.54, 1.807) is 12.1 Å². The molecule has 0 aliphatic carbocycles. The lowest BCUT2D eigenvalue weighted by Crippen LogP contribution is -2.01. The van der Waals surface area contributed by atoms with Gasteiger partial charge in [-0.1, -0.05) is 6.07 Å². The van der Waals surface area contributed by atoms with Crippen molar-refractivity contribution < 1.29 is 13.3 Å². The molecular formula is C13H14FNO2S2. The lowest BCUT2D eigenvalue weighted by Gasteiger charge is -2.05. The second-order valence-corrected chi connectivity index (χ2v) is 6.57. The highest BCUT2D eigenvalue weighted by molar-refractivity contribution is 7.83. The molecule has 2 rings (SSSR count). The molecule has 19 heavy (non-hydrogen) atoms. The van der Waals surface area contributed by atoms with Gasteiger partial charge in [-0.3, -0.25) is 4.21 Å². The maximum Gasteiger partial charge on any atom is 0.165 e. The molecule has 102 valence electrons. The number of nitrogens with zero attached hydrogens (tertiary/aromatic N) is 1. The minimum absolute atomic E-state index is 0.199. The van der Waals surface area contributed by atoms with Gasteiger partial charge in [0.05, 0.1) is 23.6 Å². The van der Waals surface area contributed by atoms with Crippen LogP contribution in [0, 0.1) is 12.7 Å². The third-order valence-electron chi connectivity index (χ3n) is 2.52. The van der Waals surface area contributed by atoms with Crippen molar-refractivity contribution in [2.75, 3.05) is 7.11 Å². The van der Waals surface area contributed by atoms with E-state index in [0.717, 1.165) is 10.7 Å². The molecule has 0 aliphatic heterocycles. The predicted molar refractivity (Wildman–Crippen MR) is 75.4 cm³/mol. The number of aryl methyl sites for hydroxylation is 1. The molecule has 0 fully saturated rings. The zero-order valence-corrected chi connectivity index (χ0v) is 12.3. The molecule has 0 saturated heterocycles. The van der Waals surface area contributed by atoms with E-state index in [2.05, 4.69) is 4.98 Å². The van der Waals surface area contributed by atoms with E-state index in [0.29, 0.717) is 17.1 Å². The Morgan fingerprint density at radius 1 is 1.42 bits per heavy atom. The lowest BCUT2D eigenvalue weighted by molar-refractivity contribution is 0.386. The molecule has 1 aromatic carbocycles. The summed E-state index contributed by atoms with van der Waals surface area (Å²) in [5.41, 5.74) is 1.53. The summed E-state index contributed by atoms with van der Waals surface area (Å²) >= 11 is 1.54. The van der Waals surface area contributed by atoms with Crippen LogP contribution < -0.4 is 4.74 Å². The third kappa shape index (κ3) is 3.84. The summed E-state index contributed by atoms with van der Waals surface area (Å²) < 4.78 is 30.3. The minimum atomic E-state index is -1.09. The van der Waals surface area contributed by atoms with Crippen molar-refractivity contribution in [3.63, 3.8) is 0 Å². The summed E-state index contributed by atoms with van der Waals surface area (Å²) in [5, 5.41) is 2.87. The van der Waals surface area contributed by atoms with E-state index in [-0.39, 0.29) is 5.75 Å². The van der Waals surface area contributed by atoms with Gasteiger partial charge in [-0.15, -0.1) is 11.3 Å². The van der Waals surface area contributed by atoms with E-state index in [4.69, 9.17) is 4.74 Å². The minimum Gasteiger partial charge on any atom is -0.494 e. The maximum atomic E-state index is 13.5. The first-order valence-electron chi connectivity index (χ1n) is 5.67. The van der Waals surface area contributed by atoms with Gasteiger partial charge in [0.15, 0.2) is 11.6 Å². The van der Waals surface area contributed by atoms with Crippen LogP contribution in [0.25, 0.3) is 0 Å². The Morgan fingerprint density at radius 3 is 2.79 bits per heavy atom. The van der Waals surface area contributed by atoms with Gasteiger partial charge in [-0.25, -0.2) is 9.37 Å². The second kappa shape index (κ2) is 6.25. The topological polar surface area (TPSA) is 39.2 Å². The fraction of sp³-hybridized carbons (Fsp3) is 0.308. The number of ether oxygens (including phenoxy) is 1. The van der Waals surface area contributed by atoms with Gasteiger partial charge >= 0.3 is 0 Å². The first kappa shape index (κ1) is 14.1. The summed E-state index contributed by atoms with van der Waals surface area (Å²) in [6, 6.07) is 4.64. The van der Waals surface area contributed by atoms with Crippen LogP contribution in [0.5, 0.6) is 5.75 Å². The molecule has 2 aromatic rings. The highest BCUT2D eigenvalue weighted by Gasteiger charge is 2.09. The standard InChI is InChI=1S/C13H14FNO2S2/c1-9-15-11(6-18-9)8-19(16)7-10-3-4-13(17-2)12(14)5-10/h3-6H,7-8H2,1-2H3/t19-/m1/s1. The van der Waals surface area contributed by atoms with Gasteiger partial charge in [-0.05, 0) is 24.6 Å². The van der Waals surface area contributed by atoms with Gasteiger partial charge in [0.25, 0.3) is 0 Å². The van der Waals surface area contributed by atoms with E-state index < -0.39 is 16.6 Å². The van der Waals surface area contributed by atoms with Crippen molar-refractivity contribution in [3.05, 3.63) is 45.7 Å². The molecule has 0 N–H and O–H groups in total. The van der Waals surface area contributed by atoms with Crippen LogP contribution in [0.3, 0.4) is 0 Å². The van der Waals surface area contributed by atoms with Crippen LogP contribution in [-0.4, -0.2) is 16.3 Å². The molecule has 1 heterocycles. The SMILES string of the molecule is COc1ccc(C[S@@](=O)Cc2csc(C)n2)cc1F. The number of thiazole rings is 1. The second-order valence-electron chi connectivity index (χ2n) is 4.06. The molecule has 0 radical (unpaired) electrons. The number of halogens is 1. The van der Waals surface area contributed by atoms with Gasteiger partial charge in [0.2, 0.25) is 0 Å². The molecule has 0 unspecified atom stereocenters. The van der Waals surface area contributed by atoms with E-state index in [9.17, 15) is 8.60 Å². The van der Waals surface area contributed by atoms with Gasteiger partial charge < -0.3 is 4.74 Å². The Kier molecular flexibility index (Phi) is 4.66. The first-order valence-corrected chi connectivity index (χ1v) is 8.03. The Hall–Kier alpha value is -1.27. The predicted octanol–water partition coefficient (Wildman–Crippen LogP) is 3.05. The molecule has 1 atom stereocenters. The number of benzene rings is 1. The zero-order valence-electron chi connectivity index (χ0n) is 10.7. The van der Waals surface area contributed by atoms with Gasteiger partial charge in [0.1, 0.15) is 0 Å². The van der Waals surface area contributed by atoms with Crippen LogP contribution >= 0.6 is 11.3 Å². The Morgan fingerprint density at radius 2 is 2.21 bits per heavy atom. The molecule has 1 aromatic heterocycles. The normalized spacial score (nSPS) is 12.4. The highest BCUT2D eigenvalue weighted by atomic mass is 32.2. The van der Waals surface area contributed by atoms with Crippen LogP contribution in [0.15, 0.2) is 23.6 Å². The zero-order chi connectivity index (χ0) is 13.8. The van der Waals surface area contributed by atoms with Crippen LogP contribution in [0.4, 0.5) is 4.39 Å². The van der Waals surface area contributed by atoms with Crippen LogP contribution in [0.1, 0.15) is 16.3 Å². The molecule has 3 nitrogen and oxygen atoms in total. The van der Waals surface area contributed by atoms with Crippen molar-refractivity contribution in [3.8, 4) is 5.75 Å². The van der Waals surface area contributed by atoms with E-state index in [1.165, 1.54) is 24.5 Å². The van der Waals surface area contributed by atoms with Gasteiger partial charge in [0, 0.05) is 21.9 Å². The number of methoxy groups -OCH3 is 1. The lowest BCUT2D eigenvalue weighted by atomic mass is 10.2. The Balaban J connectivity index is 2.00. The maximum absolute atomic E-state index is 13.5. The molecule has 0 amide bonds. The van der Waals surface area contributed by atoms with Gasteiger partial charge in [-0.2, -0.15) is 0 Å². The van der Waals surface area contributed by atoms with Crippen LogP contribution in [0.2, 0.25) is 0 Å². The molecule has 0 aliphatic rings. The van der Waals surface area contributed by atoms with E-state index >= 15 is 0 Å². The first-order chi connectivity index (χ1) is 9.08. The Labute approximate surface area is 117 Å². The molecule has 0 bridgehead atoms. The van der Waals surface area contributed by atoms with Crippen molar-refractivity contribution in [1.82, 2.24) is 4.98 Å². The fourth-order valence-corrected chi connectivity index (χ4v) is 3.53. The van der Waals surface area contributed by atoms with Crippen LogP contribution in [-0.2, 0) is 22.3 Å². The fourth-order valence-electron chi connectivity index (χ4n) is 1.68. The quantitative estimate of drug-likeness (QED) is 0.852. The average Bonchev–Trinajstić information content (AvgIpc) is 2.74. The number of aromatic nitrogens is 1. The summed E-state index contributed by atoms with van der Waals surface area (Å²) in [5.74, 6) is 0.487. The highest BCUT2D eigenvalue weighted by Crippen LogP contribution is 2.19. The van der Waals surface area contributed by atoms with Crippen molar-refractivity contribution in [1.29, 1.82) is 0 Å². The molecule has 0 spiro atoms. The smallest absolute Gasteiger partial charge is 0.165 e. The van der Waals surface area contributed by atoms with Crippen molar-refractivity contribution in [2.24, 2.45) is 0 Å². The Bertz CT molecular complexity index is 598. The number of hydrogen-bond donors (Lipinski definition) is 0. The molecular weight excluding hydrogens is 285 g/mol. The van der Waals surface area contributed by atoms with Crippen molar-refractivity contribution >= 4 is 22.1 Å². The largest absolute Gasteiger partial charge is 0.494 e. The molecule has 0 saturated carbocycles. The summed E-state index contributed by atoms with van der Waals surface area (Å²) in [6.07, 6.45) is 0. The van der Waals surface area contributed by atoms with Crippen molar-refractivity contribution in [2.45, 2.75) is 18.4 Å². The summed E-state index contributed by atoms with van der Waals surface area (Å²) in [6.45, 7) is 1.91. The third-order valence-corrected chi connectivity index (χ3v) is 4.61. The monoisotopic (exact) mass is 299 g/mol. The summed E-state index contributed by atoms with van der Waals surface area (Å²) in [4.78, 5) is 4.27. The molecule has 6 heteroatoms. The summed E-state index contributed by atoms with van der Waals surface area (Å²) in [7, 11) is 0.329. The average molecular weight is 299 g/mol. The number of rotatable bonds is 5. The van der Waals surface area contributed by atoms with E-state index in [1.807, 2.05) is 12.3 Å².